The zero-order valence-electron chi connectivity index (χ0n) is 10.7. The third-order valence-electron chi connectivity index (χ3n) is 2.76. The Bertz CT molecular complexity index is 548. The van der Waals surface area contributed by atoms with Gasteiger partial charge in [0, 0.05) is 6.92 Å². The van der Waals surface area contributed by atoms with E-state index in [9.17, 15) is 4.79 Å². The van der Waals surface area contributed by atoms with Gasteiger partial charge >= 0.3 is 0 Å². The highest BCUT2D eigenvalue weighted by molar-refractivity contribution is 7.17. The standard InChI is InChI=1S/C14H16N2OS/c1-9(12-7-5-4-6-8-12)15-14-16-10(2)13(18-14)11(3)17/h4-9H,1-3H3,(H,15,16)/t9-/m0/s1. The molecule has 18 heavy (non-hydrogen) atoms. The van der Waals surface area contributed by atoms with Crippen molar-refractivity contribution >= 4 is 22.3 Å². The van der Waals surface area contributed by atoms with Crippen LogP contribution in [0.1, 0.15) is 40.8 Å². The average molecular weight is 260 g/mol. The van der Waals surface area contributed by atoms with Crippen LogP contribution >= 0.6 is 11.3 Å². The highest BCUT2D eigenvalue weighted by Gasteiger charge is 2.13. The highest BCUT2D eigenvalue weighted by Crippen LogP contribution is 2.26. The van der Waals surface area contributed by atoms with Crippen LogP contribution in [-0.4, -0.2) is 10.8 Å². The summed E-state index contributed by atoms with van der Waals surface area (Å²) >= 11 is 1.42. The second-order valence-corrected chi connectivity index (χ2v) is 5.27. The van der Waals surface area contributed by atoms with Gasteiger partial charge < -0.3 is 5.32 Å². The topological polar surface area (TPSA) is 42.0 Å². The summed E-state index contributed by atoms with van der Waals surface area (Å²) in [6.07, 6.45) is 0. The van der Waals surface area contributed by atoms with Gasteiger partial charge in [0.2, 0.25) is 0 Å². The van der Waals surface area contributed by atoms with Crippen molar-refractivity contribution in [3.63, 3.8) is 0 Å². The number of aromatic nitrogens is 1. The molecule has 0 radical (unpaired) electrons. The molecule has 1 atom stereocenters. The molecule has 0 bridgehead atoms. The molecule has 94 valence electrons. The van der Waals surface area contributed by atoms with Gasteiger partial charge in [-0.3, -0.25) is 4.79 Å². The van der Waals surface area contributed by atoms with Crippen molar-refractivity contribution in [1.29, 1.82) is 0 Å². The average Bonchev–Trinajstić information content (AvgIpc) is 2.71. The van der Waals surface area contributed by atoms with Gasteiger partial charge in [-0.1, -0.05) is 41.7 Å². The molecule has 0 unspecified atom stereocenters. The minimum atomic E-state index is 0.0745. The number of anilines is 1. The van der Waals surface area contributed by atoms with E-state index in [4.69, 9.17) is 0 Å². The van der Waals surface area contributed by atoms with Gasteiger partial charge in [0.15, 0.2) is 10.9 Å². The molecular formula is C14H16N2OS. The Morgan fingerprint density at radius 1 is 1.33 bits per heavy atom. The highest BCUT2D eigenvalue weighted by atomic mass is 32.1. The number of ketones is 1. The number of carbonyl (C=O) groups is 1. The summed E-state index contributed by atoms with van der Waals surface area (Å²) in [4.78, 5) is 16.5. The molecule has 0 saturated carbocycles. The predicted molar refractivity (Wildman–Crippen MR) is 75.3 cm³/mol. The van der Waals surface area contributed by atoms with Crippen molar-refractivity contribution in [2.75, 3.05) is 5.32 Å². The van der Waals surface area contributed by atoms with Gasteiger partial charge in [-0.2, -0.15) is 0 Å². The van der Waals surface area contributed by atoms with E-state index < -0.39 is 0 Å². The molecular weight excluding hydrogens is 244 g/mol. The molecule has 4 heteroatoms. The van der Waals surface area contributed by atoms with Crippen LogP contribution < -0.4 is 5.32 Å². The first-order valence-electron chi connectivity index (χ1n) is 5.87. The molecule has 0 spiro atoms. The van der Waals surface area contributed by atoms with E-state index in [-0.39, 0.29) is 11.8 Å². The van der Waals surface area contributed by atoms with Crippen molar-refractivity contribution in [2.24, 2.45) is 0 Å². The van der Waals surface area contributed by atoms with Crippen molar-refractivity contribution in [1.82, 2.24) is 4.98 Å². The SMILES string of the molecule is CC(=O)c1sc(N[C@@H](C)c2ccccc2)nc1C. The fraction of sp³-hybridized carbons (Fsp3) is 0.286. The van der Waals surface area contributed by atoms with E-state index in [0.29, 0.717) is 0 Å². The van der Waals surface area contributed by atoms with Gasteiger partial charge in [0.1, 0.15) is 0 Å². The number of hydrogen-bond acceptors (Lipinski definition) is 4. The third-order valence-corrected chi connectivity index (χ3v) is 3.95. The normalized spacial score (nSPS) is 12.2. The van der Waals surface area contributed by atoms with Gasteiger partial charge in [-0.25, -0.2) is 4.98 Å². The zero-order chi connectivity index (χ0) is 13.1. The van der Waals surface area contributed by atoms with E-state index in [0.717, 1.165) is 15.7 Å². The summed E-state index contributed by atoms with van der Waals surface area (Å²) in [5.74, 6) is 0.0745. The van der Waals surface area contributed by atoms with Crippen LogP contribution in [0.3, 0.4) is 0 Å². The van der Waals surface area contributed by atoms with Gasteiger partial charge in [0.05, 0.1) is 16.6 Å². The van der Waals surface area contributed by atoms with E-state index in [1.165, 1.54) is 16.9 Å². The summed E-state index contributed by atoms with van der Waals surface area (Å²) in [5, 5.41) is 4.13. The van der Waals surface area contributed by atoms with Gasteiger partial charge in [-0.05, 0) is 19.4 Å². The van der Waals surface area contributed by atoms with Crippen molar-refractivity contribution in [3.8, 4) is 0 Å². The monoisotopic (exact) mass is 260 g/mol. The molecule has 0 amide bonds. The molecule has 1 heterocycles. The summed E-state index contributed by atoms with van der Waals surface area (Å²) < 4.78 is 0. The van der Waals surface area contributed by atoms with Crippen molar-refractivity contribution < 1.29 is 4.79 Å². The lowest BCUT2D eigenvalue weighted by Crippen LogP contribution is -2.05. The molecule has 1 N–H and O–H groups in total. The zero-order valence-corrected chi connectivity index (χ0v) is 11.5. The van der Waals surface area contributed by atoms with Crippen LogP contribution in [0.2, 0.25) is 0 Å². The van der Waals surface area contributed by atoms with Gasteiger partial charge in [-0.15, -0.1) is 0 Å². The Balaban J connectivity index is 2.15. The molecule has 2 aromatic rings. The molecule has 1 aromatic heterocycles. The summed E-state index contributed by atoms with van der Waals surface area (Å²) in [5.41, 5.74) is 2.00. The summed E-state index contributed by atoms with van der Waals surface area (Å²) in [7, 11) is 0. The third kappa shape index (κ3) is 2.76. The van der Waals surface area contributed by atoms with E-state index >= 15 is 0 Å². The minimum Gasteiger partial charge on any atom is -0.355 e. The quantitative estimate of drug-likeness (QED) is 0.849. The van der Waals surface area contributed by atoms with Crippen LogP contribution in [0, 0.1) is 6.92 Å². The maximum Gasteiger partial charge on any atom is 0.184 e. The lowest BCUT2D eigenvalue weighted by molar-refractivity contribution is 0.102. The minimum absolute atomic E-state index is 0.0745. The Morgan fingerprint density at radius 2 is 2.00 bits per heavy atom. The van der Waals surface area contributed by atoms with E-state index in [2.05, 4.69) is 29.4 Å². The Labute approximate surface area is 111 Å². The second kappa shape index (κ2) is 5.31. The maximum atomic E-state index is 11.4. The molecule has 0 saturated heterocycles. The van der Waals surface area contributed by atoms with Gasteiger partial charge in [0.25, 0.3) is 0 Å². The molecule has 2 rings (SSSR count). The number of hydrogen-bond donors (Lipinski definition) is 1. The van der Waals surface area contributed by atoms with Crippen LogP contribution in [0.4, 0.5) is 5.13 Å². The van der Waals surface area contributed by atoms with Crippen LogP contribution in [-0.2, 0) is 0 Å². The molecule has 0 aliphatic rings. The molecule has 0 fully saturated rings. The Morgan fingerprint density at radius 3 is 2.56 bits per heavy atom. The van der Waals surface area contributed by atoms with Crippen molar-refractivity contribution in [3.05, 3.63) is 46.5 Å². The summed E-state index contributed by atoms with van der Waals surface area (Å²) in [6.45, 7) is 5.52. The first-order chi connectivity index (χ1) is 8.58. The largest absolute Gasteiger partial charge is 0.355 e. The van der Waals surface area contributed by atoms with Crippen molar-refractivity contribution in [2.45, 2.75) is 26.8 Å². The number of nitrogens with zero attached hydrogens (tertiary/aromatic N) is 1. The number of carbonyl (C=O) groups excluding carboxylic acids is 1. The number of nitrogens with one attached hydrogen (secondary N) is 1. The predicted octanol–water partition coefficient (Wildman–Crippen LogP) is 3.83. The van der Waals surface area contributed by atoms with Crippen LogP contribution in [0.15, 0.2) is 30.3 Å². The fourth-order valence-electron chi connectivity index (χ4n) is 1.80. The first-order valence-corrected chi connectivity index (χ1v) is 6.69. The number of benzene rings is 1. The number of thiazole rings is 1. The fourth-order valence-corrected chi connectivity index (χ4v) is 2.74. The number of Topliss-reactive ketones (excluding diaryl/α,β-unsaturated/α-hetero) is 1. The smallest absolute Gasteiger partial charge is 0.184 e. The lowest BCUT2D eigenvalue weighted by atomic mass is 10.1. The first kappa shape index (κ1) is 12.8. The second-order valence-electron chi connectivity index (χ2n) is 4.27. The van der Waals surface area contributed by atoms with E-state index in [1.54, 1.807) is 6.92 Å². The lowest BCUT2D eigenvalue weighted by Gasteiger charge is -2.12. The van der Waals surface area contributed by atoms with E-state index in [1.807, 2.05) is 25.1 Å². The summed E-state index contributed by atoms with van der Waals surface area (Å²) in [6, 6.07) is 10.4. The maximum absolute atomic E-state index is 11.4. The Hall–Kier alpha value is -1.68. The molecule has 3 nitrogen and oxygen atoms in total. The number of aryl methyl sites for hydroxylation is 1. The molecule has 1 aromatic carbocycles. The molecule has 0 aliphatic carbocycles. The van der Waals surface area contributed by atoms with Crippen LogP contribution in [0.5, 0.6) is 0 Å². The number of rotatable bonds is 4. The van der Waals surface area contributed by atoms with Crippen LogP contribution in [0.25, 0.3) is 0 Å². The Kier molecular flexibility index (Phi) is 3.77. The molecule has 0 aliphatic heterocycles.